The van der Waals surface area contributed by atoms with Crippen molar-refractivity contribution in [2.45, 2.75) is 38.6 Å². The fraction of sp³-hybridized carbons (Fsp3) is 0.636. The van der Waals surface area contributed by atoms with Crippen LogP contribution in [-0.4, -0.2) is 16.6 Å². The SMILES string of the molecule is C=CCCCC(NC)c1snnc1CC. The van der Waals surface area contributed by atoms with Crippen molar-refractivity contribution in [2.75, 3.05) is 7.05 Å². The molecule has 0 bridgehead atoms. The second kappa shape index (κ2) is 6.69. The number of unbranched alkanes of at least 4 members (excludes halogenated alkanes) is 1. The molecule has 0 saturated heterocycles. The van der Waals surface area contributed by atoms with E-state index in [9.17, 15) is 0 Å². The van der Waals surface area contributed by atoms with Crippen LogP contribution in [0.2, 0.25) is 0 Å². The summed E-state index contributed by atoms with van der Waals surface area (Å²) in [5.41, 5.74) is 1.14. The summed E-state index contributed by atoms with van der Waals surface area (Å²) < 4.78 is 4.02. The zero-order valence-electron chi connectivity index (χ0n) is 9.49. The Kier molecular flexibility index (Phi) is 5.50. The van der Waals surface area contributed by atoms with E-state index in [0.717, 1.165) is 31.4 Å². The zero-order chi connectivity index (χ0) is 11.1. The maximum Gasteiger partial charge on any atom is 0.0800 e. The molecular weight excluding hydrogens is 206 g/mol. The smallest absolute Gasteiger partial charge is 0.0800 e. The molecule has 1 aromatic heterocycles. The number of allylic oxidation sites excluding steroid dienone is 1. The normalized spacial score (nSPS) is 12.7. The summed E-state index contributed by atoms with van der Waals surface area (Å²) in [5, 5.41) is 7.47. The molecule has 1 rings (SSSR count). The van der Waals surface area contributed by atoms with Gasteiger partial charge in [0.05, 0.1) is 10.6 Å². The fourth-order valence-electron chi connectivity index (χ4n) is 1.60. The number of aryl methyl sites for hydroxylation is 1. The molecule has 0 saturated carbocycles. The van der Waals surface area contributed by atoms with Crippen LogP contribution in [0.5, 0.6) is 0 Å². The van der Waals surface area contributed by atoms with Crippen molar-refractivity contribution in [3.05, 3.63) is 23.2 Å². The zero-order valence-corrected chi connectivity index (χ0v) is 10.3. The van der Waals surface area contributed by atoms with Gasteiger partial charge in [-0.05, 0) is 44.3 Å². The van der Waals surface area contributed by atoms with Crippen LogP contribution < -0.4 is 5.32 Å². The van der Waals surface area contributed by atoms with E-state index in [4.69, 9.17) is 0 Å². The first-order valence-electron chi connectivity index (χ1n) is 5.42. The lowest BCUT2D eigenvalue weighted by atomic mass is 10.1. The lowest BCUT2D eigenvalue weighted by Gasteiger charge is -2.14. The summed E-state index contributed by atoms with van der Waals surface area (Å²) >= 11 is 1.52. The first-order valence-corrected chi connectivity index (χ1v) is 6.20. The number of hydrogen-bond donors (Lipinski definition) is 1. The molecule has 0 aromatic carbocycles. The van der Waals surface area contributed by atoms with Gasteiger partial charge in [0.25, 0.3) is 0 Å². The Morgan fingerprint density at radius 1 is 1.60 bits per heavy atom. The van der Waals surface area contributed by atoms with Crippen molar-refractivity contribution in [1.29, 1.82) is 0 Å². The molecular formula is C11H19N3S. The summed E-state index contributed by atoms with van der Waals surface area (Å²) in [6.07, 6.45) is 6.30. The molecule has 1 heterocycles. The van der Waals surface area contributed by atoms with E-state index in [1.54, 1.807) is 0 Å². The van der Waals surface area contributed by atoms with E-state index in [1.807, 2.05) is 13.1 Å². The van der Waals surface area contributed by atoms with Crippen molar-refractivity contribution >= 4 is 11.5 Å². The highest BCUT2D eigenvalue weighted by Crippen LogP contribution is 2.24. The van der Waals surface area contributed by atoms with Crippen molar-refractivity contribution in [3.63, 3.8) is 0 Å². The Balaban J connectivity index is 2.60. The van der Waals surface area contributed by atoms with E-state index >= 15 is 0 Å². The van der Waals surface area contributed by atoms with Gasteiger partial charge >= 0.3 is 0 Å². The van der Waals surface area contributed by atoms with Gasteiger partial charge in [-0.2, -0.15) is 0 Å². The van der Waals surface area contributed by atoms with Gasteiger partial charge in [0.1, 0.15) is 0 Å². The molecule has 1 unspecified atom stereocenters. The minimum absolute atomic E-state index is 0.403. The summed E-state index contributed by atoms with van der Waals surface area (Å²) in [5.74, 6) is 0. The Labute approximate surface area is 95.8 Å². The summed E-state index contributed by atoms with van der Waals surface area (Å²) in [6.45, 7) is 5.86. The number of nitrogens with zero attached hydrogens (tertiary/aromatic N) is 2. The van der Waals surface area contributed by atoms with Crippen LogP contribution >= 0.6 is 11.5 Å². The van der Waals surface area contributed by atoms with E-state index in [1.165, 1.54) is 16.4 Å². The molecule has 0 aliphatic carbocycles. The lowest BCUT2D eigenvalue weighted by Crippen LogP contribution is -2.16. The maximum absolute atomic E-state index is 4.14. The molecule has 3 nitrogen and oxygen atoms in total. The molecule has 15 heavy (non-hydrogen) atoms. The summed E-state index contributed by atoms with van der Waals surface area (Å²) in [7, 11) is 2.00. The predicted molar refractivity (Wildman–Crippen MR) is 65.1 cm³/mol. The number of hydrogen-bond acceptors (Lipinski definition) is 4. The Hall–Kier alpha value is -0.740. The van der Waals surface area contributed by atoms with Crippen molar-refractivity contribution < 1.29 is 0 Å². The maximum atomic E-state index is 4.14. The molecule has 84 valence electrons. The number of aromatic nitrogens is 2. The first kappa shape index (κ1) is 12.3. The summed E-state index contributed by atoms with van der Waals surface area (Å²) in [4.78, 5) is 1.30. The molecule has 0 aliphatic rings. The van der Waals surface area contributed by atoms with Gasteiger partial charge in [-0.15, -0.1) is 11.7 Å². The average molecular weight is 225 g/mol. The van der Waals surface area contributed by atoms with Crippen molar-refractivity contribution in [3.8, 4) is 0 Å². The molecule has 0 radical (unpaired) electrons. The van der Waals surface area contributed by atoms with Crippen LogP contribution in [0.25, 0.3) is 0 Å². The van der Waals surface area contributed by atoms with Crippen LogP contribution in [-0.2, 0) is 6.42 Å². The van der Waals surface area contributed by atoms with Gasteiger partial charge in [0, 0.05) is 6.04 Å². The topological polar surface area (TPSA) is 37.8 Å². The third-order valence-corrected chi connectivity index (χ3v) is 3.37. The fourth-order valence-corrected chi connectivity index (χ4v) is 2.48. The highest BCUT2D eigenvalue weighted by molar-refractivity contribution is 7.05. The molecule has 1 aromatic rings. The van der Waals surface area contributed by atoms with E-state index in [0.29, 0.717) is 6.04 Å². The van der Waals surface area contributed by atoms with Gasteiger partial charge in [0.15, 0.2) is 0 Å². The second-order valence-corrected chi connectivity index (χ2v) is 4.28. The van der Waals surface area contributed by atoms with Gasteiger partial charge < -0.3 is 5.32 Å². The van der Waals surface area contributed by atoms with Crippen molar-refractivity contribution in [2.24, 2.45) is 0 Å². The van der Waals surface area contributed by atoms with E-state index in [-0.39, 0.29) is 0 Å². The first-order chi connectivity index (χ1) is 7.33. The van der Waals surface area contributed by atoms with Gasteiger partial charge in [-0.1, -0.05) is 17.5 Å². The Morgan fingerprint density at radius 3 is 3.00 bits per heavy atom. The van der Waals surface area contributed by atoms with E-state index in [2.05, 4.69) is 28.4 Å². The molecule has 0 spiro atoms. The number of nitrogens with one attached hydrogen (secondary N) is 1. The molecule has 0 aliphatic heterocycles. The molecule has 1 N–H and O–H groups in total. The average Bonchev–Trinajstić information content (AvgIpc) is 2.72. The Bertz CT molecular complexity index is 296. The van der Waals surface area contributed by atoms with Crippen LogP contribution in [0, 0.1) is 0 Å². The van der Waals surface area contributed by atoms with Crippen LogP contribution in [0.1, 0.15) is 42.8 Å². The number of rotatable bonds is 7. The van der Waals surface area contributed by atoms with Crippen LogP contribution in [0.4, 0.5) is 0 Å². The van der Waals surface area contributed by atoms with Gasteiger partial charge in [0.2, 0.25) is 0 Å². The minimum atomic E-state index is 0.403. The quantitative estimate of drug-likeness (QED) is 0.573. The second-order valence-electron chi connectivity index (χ2n) is 3.50. The van der Waals surface area contributed by atoms with Gasteiger partial charge in [-0.3, -0.25) is 0 Å². The monoisotopic (exact) mass is 225 g/mol. The molecule has 1 atom stereocenters. The van der Waals surface area contributed by atoms with E-state index < -0.39 is 0 Å². The van der Waals surface area contributed by atoms with Crippen LogP contribution in [0.15, 0.2) is 12.7 Å². The third-order valence-electron chi connectivity index (χ3n) is 2.49. The highest BCUT2D eigenvalue weighted by atomic mass is 32.1. The van der Waals surface area contributed by atoms with Crippen LogP contribution in [0.3, 0.4) is 0 Å². The summed E-state index contributed by atoms with van der Waals surface area (Å²) in [6, 6.07) is 0.403. The van der Waals surface area contributed by atoms with Crippen molar-refractivity contribution in [1.82, 2.24) is 14.9 Å². The largest absolute Gasteiger partial charge is 0.312 e. The molecule has 0 amide bonds. The Morgan fingerprint density at radius 2 is 2.40 bits per heavy atom. The lowest BCUT2D eigenvalue weighted by molar-refractivity contribution is 0.533. The third kappa shape index (κ3) is 3.39. The predicted octanol–water partition coefficient (Wildman–Crippen LogP) is 2.72. The highest BCUT2D eigenvalue weighted by Gasteiger charge is 2.15. The molecule has 4 heteroatoms. The van der Waals surface area contributed by atoms with Gasteiger partial charge in [-0.25, -0.2) is 0 Å². The minimum Gasteiger partial charge on any atom is -0.312 e. The molecule has 0 fully saturated rings. The standard InChI is InChI=1S/C11H19N3S/c1-4-6-7-8-10(12-3)11-9(5-2)13-14-15-11/h4,10,12H,1,5-8H2,2-3H3.